The standard InChI is InChI=1S/C49H37N3O/c1-30-26-31(2)50-32(3)47(30)35-17-13-16-34(27-35)44-29-43(33-14-5-4-6-15-33)51-48(52-44)36-24-25-38-37-18-7-8-19-39(37)49(42(38)28-36)40-20-9-11-22-45(40)53-46-23-12-10-21-41(46)49/h4-30,47H,1-3H3. The van der Waals surface area contributed by atoms with Crippen LogP contribution in [0.4, 0.5) is 0 Å². The molecule has 0 saturated heterocycles. The number of rotatable bonds is 4. The van der Waals surface area contributed by atoms with Crippen molar-refractivity contribution in [3.05, 3.63) is 191 Å². The van der Waals surface area contributed by atoms with Crippen molar-refractivity contribution in [3.8, 4) is 56.5 Å². The second kappa shape index (κ2) is 12.1. The molecule has 53 heavy (non-hydrogen) atoms. The average molecular weight is 684 g/mol. The molecular formula is C49H37N3O. The van der Waals surface area contributed by atoms with E-state index in [0.29, 0.717) is 11.7 Å². The number of aliphatic imine (C=N–C) groups is 1. The van der Waals surface area contributed by atoms with Crippen LogP contribution in [0.15, 0.2) is 168 Å². The highest BCUT2D eigenvalue weighted by atomic mass is 16.5. The van der Waals surface area contributed by atoms with E-state index < -0.39 is 5.41 Å². The summed E-state index contributed by atoms with van der Waals surface area (Å²) in [5.41, 5.74) is 15.0. The van der Waals surface area contributed by atoms with E-state index >= 15 is 0 Å². The summed E-state index contributed by atoms with van der Waals surface area (Å²) in [6.45, 7) is 6.51. The van der Waals surface area contributed by atoms with Gasteiger partial charge in [0.2, 0.25) is 0 Å². The first-order chi connectivity index (χ1) is 26.0. The Labute approximate surface area is 310 Å². The zero-order valence-electron chi connectivity index (χ0n) is 29.9. The Bertz CT molecular complexity index is 2610. The lowest BCUT2D eigenvalue weighted by atomic mass is 9.66. The van der Waals surface area contributed by atoms with Gasteiger partial charge < -0.3 is 4.74 Å². The molecule has 4 nitrogen and oxygen atoms in total. The molecule has 0 radical (unpaired) electrons. The van der Waals surface area contributed by atoms with Crippen LogP contribution in [0.3, 0.4) is 0 Å². The molecule has 254 valence electrons. The van der Waals surface area contributed by atoms with E-state index in [1.54, 1.807) is 0 Å². The monoisotopic (exact) mass is 683 g/mol. The van der Waals surface area contributed by atoms with E-state index in [1.807, 2.05) is 6.07 Å². The molecule has 3 aliphatic rings. The number of hydrogen-bond donors (Lipinski definition) is 0. The third-order valence-corrected chi connectivity index (χ3v) is 11.3. The van der Waals surface area contributed by atoms with E-state index in [1.165, 1.54) is 27.8 Å². The summed E-state index contributed by atoms with van der Waals surface area (Å²) < 4.78 is 6.58. The van der Waals surface area contributed by atoms with Gasteiger partial charge in [-0.05, 0) is 77.9 Å². The van der Waals surface area contributed by atoms with Crippen molar-refractivity contribution in [2.75, 3.05) is 0 Å². The molecule has 1 spiro atoms. The number of para-hydroxylation sites is 2. The SMILES string of the molecule is CC1=CC(C)C(c2cccc(-c3cc(-c4ccccc4)nc(-c4ccc5c(c4)C4(c6ccccc6Oc6ccccc64)c4ccccc4-5)n3)c2)C(C)=N1. The van der Waals surface area contributed by atoms with Crippen LogP contribution in [0, 0.1) is 5.92 Å². The summed E-state index contributed by atoms with van der Waals surface area (Å²) in [5.74, 6) is 3.01. The van der Waals surface area contributed by atoms with E-state index in [-0.39, 0.29) is 5.92 Å². The minimum Gasteiger partial charge on any atom is -0.457 e. The van der Waals surface area contributed by atoms with Gasteiger partial charge in [-0.25, -0.2) is 9.97 Å². The molecule has 0 fully saturated rings. The van der Waals surface area contributed by atoms with Crippen LogP contribution < -0.4 is 4.74 Å². The minimum absolute atomic E-state index is 0.216. The van der Waals surface area contributed by atoms with E-state index in [9.17, 15) is 0 Å². The molecular weight excluding hydrogens is 647 g/mol. The molecule has 0 amide bonds. The maximum Gasteiger partial charge on any atom is 0.160 e. The van der Waals surface area contributed by atoms with Crippen molar-refractivity contribution in [1.82, 2.24) is 9.97 Å². The fourth-order valence-corrected chi connectivity index (χ4v) is 9.15. The van der Waals surface area contributed by atoms with Crippen molar-refractivity contribution in [2.45, 2.75) is 32.1 Å². The van der Waals surface area contributed by atoms with Gasteiger partial charge in [-0.1, -0.05) is 134 Å². The first-order valence-electron chi connectivity index (χ1n) is 18.4. The summed E-state index contributed by atoms with van der Waals surface area (Å²) in [7, 11) is 0. The molecule has 3 heterocycles. The number of nitrogens with zero attached hydrogens (tertiary/aromatic N) is 3. The van der Waals surface area contributed by atoms with Crippen molar-refractivity contribution >= 4 is 5.71 Å². The van der Waals surface area contributed by atoms with Crippen LogP contribution in [0.25, 0.3) is 45.0 Å². The fraction of sp³-hybridized carbons (Fsp3) is 0.122. The second-order valence-electron chi connectivity index (χ2n) is 14.5. The van der Waals surface area contributed by atoms with E-state index in [0.717, 1.165) is 62.1 Å². The summed E-state index contributed by atoms with van der Waals surface area (Å²) in [5, 5.41) is 0. The molecule has 6 aromatic carbocycles. The van der Waals surface area contributed by atoms with Crippen molar-refractivity contribution in [2.24, 2.45) is 10.9 Å². The minimum atomic E-state index is -0.565. The van der Waals surface area contributed by atoms with Gasteiger partial charge in [0.15, 0.2) is 5.82 Å². The van der Waals surface area contributed by atoms with Crippen LogP contribution in [0.1, 0.15) is 54.5 Å². The normalized spacial score (nSPS) is 17.5. The van der Waals surface area contributed by atoms with Crippen molar-refractivity contribution in [1.29, 1.82) is 0 Å². The number of hydrogen-bond acceptors (Lipinski definition) is 4. The molecule has 0 N–H and O–H groups in total. The van der Waals surface area contributed by atoms with E-state index in [4.69, 9.17) is 19.7 Å². The predicted octanol–water partition coefficient (Wildman–Crippen LogP) is 12.0. The molecule has 7 aromatic rings. The molecule has 2 aliphatic heterocycles. The first-order valence-corrected chi connectivity index (χ1v) is 18.4. The molecule has 1 aromatic heterocycles. The third-order valence-electron chi connectivity index (χ3n) is 11.3. The highest BCUT2D eigenvalue weighted by Crippen LogP contribution is 2.62. The molecule has 2 unspecified atom stereocenters. The number of fused-ring (bicyclic) bond motifs is 9. The summed E-state index contributed by atoms with van der Waals surface area (Å²) >= 11 is 0. The molecule has 1 aliphatic carbocycles. The van der Waals surface area contributed by atoms with Crippen LogP contribution in [-0.4, -0.2) is 15.7 Å². The zero-order valence-corrected chi connectivity index (χ0v) is 29.9. The molecule has 10 rings (SSSR count). The lowest BCUT2D eigenvalue weighted by Crippen LogP contribution is -2.32. The van der Waals surface area contributed by atoms with Crippen LogP contribution in [0.2, 0.25) is 0 Å². The van der Waals surface area contributed by atoms with Gasteiger partial charge in [-0.2, -0.15) is 0 Å². The fourth-order valence-electron chi connectivity index (χ4n) is 9.15. The Balaban J connectivity index is 1.18. The van der Waals surface area contributed by atoms with Gasteiger partial charge in [-0.15, -0.1) is 0 Å². The van der Waals surface area contributed by atoms with Gasteiger partial charge >= 0.3 is 0 Å². The van der Waals surface area contributed by atoms with Crippen molar-refractivity contribution in [3.63, 3.8) is 0 Å². The largest absolute Gasteiger partial charge is 0.457 e. The number of benzene rings is 6. The van der Waals surface area contributed by atoms with Gasteiger partial charge in [-0.3, -0.25) is 4.99 Å². The highest BCUT2D eigenvalue weighted by molar-refractivity contribution is 5.92. The summed E-state index contributed by atoms with van der Waals surface area (Å²) in [6.07, 6.45) is 2.27. The number of ether oxygens (including phenoxy) is 1. The van der Waals surface area contributed by atoms with Gasteiger partial charge in [0, 0.05) is 45.1 Å². The lowest BCUT2D eigenvalue weighted by Gasteiger charge is -2.39. The molecule has 0 bridgehead atoms. The molecule has 0 saturated carbocycles. The van der Waals surface area contributed by atoms with Gasteiger partial charge in [0.1, 0.15) is 11.5 Å². The Morgan fingerprint density at radius 1 is 0.528 bits per heavy atom. The maximum atomic E-state index is 6.58. The average Bonchev–Trinajstić information content (AvgIpc) is 3.48. The van der Waals surface area contributed by atoms with Gasteiger partial charge in [0.25, 0.3) is 0 Å². The third kappa shape index (κ3) is 4.86. The smallest absolute Gasteiger partial charge is 0.160 e. The number of aromatic nitrogens is 2. The second-order valence-corrected chi connectivity index (χ2v) is 14.5. The highest BCUT2D eigenvalue weighted by Gasteiger charge is 2.51. The van der Waals surface area contributed by atoms with Crippen molar-refractivity contribution < 1.29 is 4.74 Å². The number of allylic oxidation sites excluding steroid dienone is 2. The summed E-state index contributed by atoms with van der Waals surface area (Å²) in [6, 6.07) is 53.9. The lowest BCUT2D eigenvalue weighted by molar-refractivity contribution is 0.436. The Kier molecular flexibility index (Phi) is 7.16. The summed E-state index contributed by atoms with van der Waals surface area (Å²) in [4.78, 5) is 15.5. The van der Waals surface area contributed by atoms with Gasteiger partial charge in [0.05, 0.1) is 16.8 Å². The molecule has 2 atom stereocenters. The maximum absolute atomic E-state index is 6.58. The van der Waals surface area contributed by atoms with E-state index in [2.05, 4.69) is 172 Å². The quantitative estimate of drug-likeness (QED) is 0.185. The predicted molar refractivity (Wildman–Crippen MR) is 214 cm³/mol. The molecule has 4 heteroatoms. The van der Waals surface area contributed by atoms with Crippen LogP contribution in [-0.2, 0) is 5.41 Å². The Hall–Kier alpha value is -6.39. The Morgan fingerprint density at radius 2 is 1.15 bits per heavy atom. The van der Waals surface area contributed by atoms with Crippen LogP contribution in [0.5, 0.6) is 11.5 Å². The van der Waals surface area contributed by atoms with Crippen LogP contribution >= 0.6 is 0 Å². The Morgan fingerprint density at radius 3 is 1.89 bits per heavy atom. The zero-order chi connectivity index (χ0) is 35.7. The topological polar surface area (TPSA) is 47.4 Å². The first kappa shape index (κ1) is 31.4.